The Bertz CT molecular complexity index is 619. The van der Waals surface area contributed by atoms with Crippen molar-refractivity contribution >= 4 is 17.6 Å². The fourth-order valence-corrected chi connectivity index (χ4v) is 2.40. The molecule has 0 aliphatic carbocycles. The molecule has 0 saturated carbocycles. The number of pyridine rings is 1. The third kappa shape index (κ3) is 4.33. The molecule has 0 aliphatic heterocycles. The quantitative estimate of drug-likeness (QED) is 0.906. The minimum absolute atomic E-state index is 0.0115. The maximum absolute atomic E-state index is 13.0. The summed E-state index contributed by atoms with van der Waals surface area (Å²) in [5.74, 6) is 0.850. The summed E-state index contributed by atoms with van der Waals surface area (Å²) in [4.78, 5) is 11.7. The molecule has 1 N–H and O–H groups in total. The molecule has 0 amide bonds. The van der Waals surface area contributed by atoms with Gasteiger partial charge in [-0.05, 0) is 25.3 Å². The Morgan fingerprint density at radius 3 is 2.64 bits per heavy atom. The Morgan fingerprint density at radius 1 is 1.27 bits per heavy atom. The first-order valence-electron chi connectivity index (χ1n) is 6.53. The van der Waals surface area contributed by atoms with E-state index in [1.54, 1.807) is 30.0 Å². The number of hydrogen-bond acceptors (Lipinski definition) is 5. The van der Waals surface area contributed by atoms with Gasteiger partial charge in [-0.15, -0.1) is 0 Å². The smallest absolute Gasteiger partial charge is 0.367 e. The SMILES string of the molecule is CSCC(C)Nc1cc(C(F)(F)F)nc(-c2ccccn2)n1. The van der Waals surface area contributed by atoms with Crippen LogP contribution in [0.5, 0.6) is 0 Å². The van der Waals surface area contributed by atoms with Crippen molar-refractivity contribution in [2.45, 2.75) is 19.1 Å². The number of thioether (sulfide) groups is 1. The van der Waals surface area contributed by atoms with Crippen LogP contribution in [0, 0.1) is 0 Å². The number of rotatable bonds is 5. The third-order valence-electron chi connectivity index (χ3n) is 2.72. The predicted octanol–water partition coefficient (Wildman–Crippen LogP) is 3.72. The number of nitrogens with zero attached hydrogens (tertiary/aromatic N) is 3. The standard InChI is InChI=1S/C14H15F3N4S/c1-9(8-22-2)19-12-7-11(14(15,16)17)20-13(21-12)10-5-3-4-6-18-10/h3-7,9H,8H2,1-2H3,(H,19,20,21). The normalized spacial score (nSPS) is 13.0. The van der Waals surface area contributed by atoms with Gasteiger partial charge in [-0.3, -0.25) is 4.98 Å². The van der Waals surface area contributed by atoms with Gasteiger partial charge in [-0.2, -0.15) is 24.9 Å². The number of alkyl halides is 3. The second-order valence-corrected chi connectivity index (χ2v) is 5.59. The molecule has 2 heterocycles. The highest BCUT2D eigenvalue weighted by Gasteiger charge is 2.34. The fourth-order valence-electron chi connectivity index (χ4n) is 1.82. The van der Waals surface area contributed by atoms with Gasteiger partial charge in [0.05, 0.1) is 0 Å². The highest BCUT2D eigenvalue weighted by molar-refractivity contribution is 7.98. The summed E-state index contributed by atoms with van der Waals surface area (Å²) in [5.41, 5.74) is -0.684. The maximum atomic E-state index is 13.0. The second-order valence-electron chi connectivity index (χ2n) is 4.68. The molecule has 1 atom stereocenters. The second kappa shape index (κ2) is 6.95. The van der Waals surface area contributed by atoms with Crippen molar-refractivity contribution in [3.8, 4) is 11.5 Å². The van der Waals surface area contributed by atoms with Crippen LogP contribution in [0.3, 0.4) is 0 Å². The van der Waals surface area contributed by atoms with Gasteiger partial charge in [-0.1, -0.05) is 6.07 Å². The van der Waals surface area contributed by atoms with Gasteiger partial charge in [0.1, 0.15) is 11.5 Å². The Morgan fingerprint density at radius 2 is 2.05 bits per heavy atom. The van der Waals surface area contributed by atoms with E-state index in [1.165, 1.54) is 6.20 Å². The average molecular weight is 328 g/mol. The zero-order chi connectivity index (χ0) is 16.2. The van der Waals surface area contributed by atoms with Crippen molar-refractivity contribution in [2.24, 2.45) is 0 Å². The maximum Gasteiger partial charge on any atom is 0.433 e. The summed E-state index contributed by atoms with van der Waals surface area (Å²) in [5, 5.41) is 2.97. The molecule has 118 valence electrons. The first-order chi connectivity index (χ1) is 10.4. The van der Waals surface area contributed by atoms with Crippen molar-refractivity contribution in [3.63, 3.8) is 0 Å². The number of halogens is 3. The molecule has 22 heavy (non-hydrogen) atoms. The minimum atomic E-state index is -4.54. The van der Waals surface area contributed by atoms with E-state index >= 15 is 0 Å². The summed E-state index contributed by atoms with van der Waals surface area (Å²) in [6.45, 7) is 1.88. The van der Waals surface area contributed by atoms with Gasteiger partial charge in [0.15, 0.2) is 11.5 Å². The van der Waals surface area contributed by atoms with Crippen LogP contribution in [0.15, 0.2) is 30.5 Å². The molecule has 0 radical (unpaired) electrons. The first kappa shape index (κ1) is 16.5. The molecule has 8 heteroatoms. The lowest BCUT2D eigenvalue weighted by atomic mass is 10.3. The molecular weight excluding hydrogens is 313 g/mol. The van der Waals surface area contributed by atoms with Crippen LogP contribution >= 0.6 is 11.8 Å². The van der Waals surface area contributed by atoms with E-state index in [-0.39, 0.29) is 17.7 Å². The molecule has 2 aromatic rings. The van der Waals surface area contributed by atoms with Crippen molar-refractivity contribution in [3.05, 3.63) is 36.2 Å². The van der Waals surface area contributed by atoms with Gasteiger partial charge < -0.3 is 5.32 Å². The van der Waals surface area contributed by atoms with Crippen LogP contribution in [0.2, 0.25) is 0 Å². The summed E-state index contributed by atoms with van der Waals surface area (Å²) in [7, 11) is 0. The third-order valence-corrected chi connectivity index (χ3v) is 3.55. The zero-order valence-corrected chi connectivity index (χ0v) is 12.9. The highest BCUT2D eigenvalue weighted by atomic mass is 32.2. The Kier molecular flexibility index (Phi) is 5.23. The van der Waals surface area contributed by atoms with E-state index in [2.05, 4.69) is 20.3 Å². The van der Waals surface area contributed by atoms with E-state index in [0.717, 1.165) is 11.8 Å². The van der Waals surface area contributed by atoms with Crippen molar-refractivity contribution in [1.82, 2.24) is 15.0 Å². The molecule has 2 rings (SSSR count). The zero-order valence-electron chi connectivity index (χ0n) is 12.1. The predicted molar refractivity (Wildman–Crippen MR) is 81.7 cm³/mol. The lowest BCUT2D eigenvalue weighted by Gasteiger charge is -2.15. The summed E-state index contributed by atoms with van der Waals surface area (Å²) in [6.07, 6.45) is -1.12. The Balaban J connectivity index is 2.41. The van der Waals surface area contributed by atoms with Gasteiger partial charge in [0.25, 0.3) is 0 Å². The number of hydrogen-bond donors (Lipinski definition) is 1. The molecule has 2 aromatic heterocycles. The molecule has 0 aromatic carbocycles. The monoisotopic (exact) mass is 328 g/mol. The van der Waals surface area contributed by atoms with E-state index in [0.29, 0.717) is 5.69 Å². The molecule has 0 fully saturated rings. The summed E-state index contributed by atoms with van der Waals surface area (Å²) >= 11 is 1.60. The number of aromatic nitrogens is 3. The van der Waals surface area contributed by atoms with Crippen molar-refractivity contribution in [2.75, 3.05) is 17.3 Å². The molecule has 4 nitrogen and oxygen atoms in total. The van der Waals surface area contributed by atoms with Crippen LogP contribution in [-0.2, 0) is 6.18 Å². The highest BCUT2D eigenvalue weighted by Crippen LogP contribution is 2.30. The topological polar surface area (TPSA) is 50.7 Å². The van der Waals surface area contributed by atoms with Crippen LogP contribution < -0.4 is 5.32 Å². The Labute approximate surface area is 130 Å². The van der Waals surface area contributed by atoms with Crippen molar-refractivity contribution in [1.29, 1.82) is 0 Å². The van der Waals surface area contributed by atoms with E-state index < -0.39 is 11.9 Å². The minimum Gasteiger partial charge on any atom is -0.367 e. The summed E-state index contributed by atoms with van der Waals surface area (Å²) < 4.78 is 39.0. The van der Waals surface area contributed by atoms with Crippen LogP contribution in [0.4, 0.5) is 19.0 Å². The van der Waals surface area contributed by atoms with E-state index in [4.69, 9.17) is 0 Å². The van der Waals surface area contributed by atoms with Gasteiger partial charge in [0.2, 0.25) is 0 Å². The fraction of sp³-hybridized carbons (Fsp3) is 0.357. The van der Waals surface area contributed by atoms with Gasteiger partial charge in [-0.25, -0.2) is 9.97 Å². The molecular formula is C14H15F3N4S. The Hall–Kier alpha value is -1.83. The lowest BCUT2D eigenvalue weighted by Crippen LogP contribution is -2.20. The molecule has 0 spiro atoms. The van der Waals surface area contributed by atoms with Gasteiger partial charge in [0, 0.05) is 24.1 Å². The molecule has 0 aliphatic rings. The average Bonchev–Trinajstić information content (AvgIpc) is 2.47. The van der Waals surface area contributed by atoms with Crippen LogP contribution in [0.25, 0.3) is 11.5 Å². The van der Waals surface area contributed by atoms with Crippen molar-refractivity contribution < 1.29 is 13.2 Å². The summed E-state index contributed by atoms with van der Waals surface area (Å²) in [6, 6.07) is 5.84. The number of nitrogens with one attached hydrogen (secondary N) is 1. The van der Waals surface area contributed by atoms with E-state index in [9.17, 15) is 13.2 Å². The number of anilines is 1. The first-order valence-corrected chi connectivity index (χ1v) is 7.92. The van der Waals surface area contributed by atoms with Gasteiger partial charge >= 0.3 is 6.18 Å². The largest absolute Gasteiger partial charge is 0.433 e. The molecule has 0 saturated heterocycles. The van der Waals surface area contributed by atoms with Crippen LogP contribution in [-0.4, -0.2) is 33.0 Å². The molecule has 0 bridgehead atoms. The lowest BCUT2D eigenvalue weighted by molar-refractivity contribution is -0.141. The van der Waals surface area contributed by atoms with Crippen LogP contribution in [0.1, 0.15) is 12.6 Å². The van der Waals surface area contributed by atoms with E-state index in [1.807, 2.05) is 13.2 Å². The molecule has 1 unspecified atom stereocenters.